The summed E-state index contributed by atoms with van der Waals surface area (Å²) in [7, 11) is 1.56. The van der Waals surface area contributed by atoms with Gasteiger partial charge in [-0.3, -0.25) is 4.79 Å². The van der Waals surface area contributed by atoms with Crippen LogP contribution in [-0.2, 0) is 4.74 Å². The van der Waals surface area contributed by atoms with Crippen LogP contribution in [0.4, 0.5) is 10.1 Å². The number of ether oxygens (including phenoxy) is 1. The first-order chi connectivity index (χ1) is 7.54. The molecule has 0 aliphatic carbocycles. The number of hydrogen-bond acceptors (Lipinski definition) is 3. The van der Waals surface area contributed by atoms with Crippen LogP contribution >= 0.6 is 0 Å². The quantitative estimate of drug-likeness (QED) is 0.797. The number of methoxy groups -OCH3 is 1. The molecule has 0 heterocycles. The number of nitrogens with two attached hydrogens (primary N) is 1. The number of nitrogens with one attached hydrogen (secondary N) is 1. The van der Waals surface area contributed by atoms with Crippen LogP contribution in [0.3, 0.4) is 0 Å². The van der Waals surface area contributed by atoms with Crippen LogP contribution in [0, 0.1) is 5.82 Å². The zero-order valence-electron chi connectivity index (χ0n) is 9.29. The van der Waals surface area contributed by atoms with Crippen molar-refractivity contribution in [1.82, 2.24) is 0 Å². The molecule has 0 saturated carbocycles. The standard InChI is InChI=1S/C11H15FN2O2/c1-7(6-16-2)14-10-5-8(11(13)15)3-4-9(10)12/h3-5,7,14H,6H2,1-2H3,(H2,13,15). The van der Waals surface area contributed by atoms with Gasteiger partial charge >= 0.3 is 0 Å². The van der Waals surface area contributed by atoms with Crippen LogP contribution in [0.5, 0.6) is 0 Å². The Balaban J connectivity index is 2.85. The van der Waals surface area contributed by atoms with Gasteiger partial charge in [-0.25, -0.2) is 4.39 Å². The number of primary amides is 1. The van der Waals surface area contributed by atoms with E-state index in [0.29, 0.717) is 6.61 Å². The van der Waals surface area contributed by atoms with E-state index < -0.39 is 11.7 Å². The van der Waals surface area contributed by atoms with Crippen molar-refractivity contribution in [3.8, 4) is 0 Å². The lowest BCUT2D eigenvalue weighted by Crippen LogP contribution is -2.22. The second-order valence-corrected chi connectivity index (χ2v) is 3.56. The number of halogens is 1. The highest BCUT2D eigenvalue weighted by atomic mass is 19.1. The average molecular weight is 226 g/mol. The zero-order valence-corrected chi connectivity index (χ0v) is 9.29. The first kappa shape index (κ1) is 12.4. The van der Waals surface area contributed by atoms with E-state index in [1.165, 1.54) is 18.2 Å². The lowest BCUT2D eigenvalue weighted by Gasteiger charge is -2.15. The lowest BCUT2D eigenvalue weighted by molar-refractivity contribution is 0.100. The second kappa shape index (κ2) is 5.46. The first-order valence-corrected chi connectivity index (χ1v) is 4.89. The van der Waals surface area contributed by atoms with Gasteiger partial charge in [-0.1, -0.05) is 0 Å². The maximum atomic E-state index is 13.4. The molecule has 3 N–H and O–H groups in total. The zero-order chi connectivity index (χ0) is 12.1. The average Bonchev–Trinajstić information content (AvgIpc) is 2.21. The predicted molar refractivity (Wildman–Crippen MR) is 59.9 cm³/mol. The van der Waals surface area contributed by atoms with E-state index in [1.807, 2.05) is 6.92 Å². The van der Waals surface area contributed by atoms with Crippen LogP contribution in [0.2, 0.25) is 0 Å². The molecule has 1 rings (SSSR count). The summed E-state index contributed by atoms with van der Waals surface area (Å²) in [4.78, 5) is 10.9. The van der Waals surface area contributed by atoms with Gasteiger partial charge in [-0.15, -0.1) is 0 Å². The van der Waals surface area contributed by atoms with Crippen LogP contribution < -0.4 is 11.1 Å². The fraction of sp³-hybridized carbons (Fsp3) is 0.364. The monoisotopic (exact) mass is 226 g/mol. The molecular formula is C11H15FN2O2. The summed E-state index contributed by atoms with van der Waals surface area (Å²) in [5, 5.41) is 2.90. The van der Waals surface area contributed by atoms with Gasteiger partial charge in [0.15, 0.2) is 0 Å². The molecular weight excluding hydrogens is 211 g/mol. The molecule has 0 aliphatic rings. The molecule has 0 saturated heterocycles. The maximum absolute atomic E-state index is 13.4. The Morgan fingerprint density at radius 2 is 2.31 bits per heavy atom. The third kappa shape index (κ3) is 3.20. The minimum atomic E-state index is -0.581. The molecule has 1 aromatic rings. The second-order valence-electron chi connectivity index (χ2n) is 3.56. The normalized spacial score (nSPS) is 12.2. The third-order valence-corrected chi connectivity index (χ3v) is 2.07. The summed E-state index contributed by atoms with van der Waals surface area (Å²) in [6, 6.07) is 3.90. The van der Waals surface area contributed by atoms with Crippen molar-refractivity contribution in [1.29, 1.82) is 0 Å². The maximum Gasteiger partial charge on any atom is 0.248 e. The molecule has 1 unspecified atom stereocenters. The lowest BCUT2D eigenvalue weighted by atomic mass is 10.1. The molecule has 1 aromatic carbocycles. The molecule has 88 valence electrons. The van der Waals surface area contributed by atoms with E-state index in [4.69, 9.17) is 10.5 Å². The van der Waals surface area contributed by atoms with Crippen molar-refractivity contribution in [3.05, 3.63) is 29.6 Å². The highest BCUT2D eigenvalue weighted by Crippen LogP contribution is 2.16. The van der Waals surface area contributed by atoms with Crippen molar-refractivity contribution < 1.29 is 13.9 Å². The molecule has 1 atom stereocenters. The summed E-state index contributed by atoms with van der Waals surface area (Å²) < 4.78 is 18.3. The number of anilines is 1. The molecule has 0 aliphatic heterocycles. The van der Waals surface area contributed by atoms with Crippen LogP contribution in [0.1, 0.15) is 17.3 Å². The molecule has 0 fully saturated rings. The molecule has 5 heteroatoms. The topological polar surface area (TPSA) is 64.3 Å². The van der Waals surface area contributed by atoms with E-state index in [1.54, 1.807) is 7.11 Å². The summed E-state index contributed by atoms with van der Waals surface area (Å²) in [5.74, 6) is -1.00. The minimum Gasteiger partial charge on any atom is -0.383 e. The van der Waals surface area contributed by atoms with E-state index in [2.05, 4.69) is 5.32 Å². The van der Waals surface area contributed by atoms with Gasteiger partial charge in [0.25, 0.3) is 0 Å². The van der Waals surface area contributed by atoms with Crippen molar-refractivity contribution in [2.24, 2.45) is 5.73 Å². The fourth-order valence-corrected chi connectivity index (χ4v) is 1.35. The Kier molecular flexibility index (Phi) is 4.25. The molecule has 16 heavy (non-hydrogen) atoms. The van der Waals surface area contributed by atoms with Crippen molar-refractivity contribution >= 4 is 11.6 Å². The number of carbonyl (C=O) groups is 1. The number of benzene rings is 1. The minimum absolute atomic E-state index is 0.0531. The van der Waals surface area contributed by atoms with Crippen LogP contribution in [0.25, 0.3) is 0 Å². The first-order valence-electron chi connectivity index (χ1n) is 4.89. The molecule has 0 aromatic heterocycles. The van der Waals surface area contributed by atoms with Gasteiger partial charge in [0, 0.05) is 18.7 Å². The fourth-order valence-electron chi connectivity index (χ4n) is 1.35. The smallest absolute Gasteiger partial charge is 0.248 e. The number of amides is 1. The highest BCUT2D eigenvalue weighted by Gasteiger charge is 2.09. The highest BCUT2D eigenvalue weighted by molar-refractivity contribution is 5.93. The van der Waals surface area contributed by atoms with Crippen LogP contribution in [0.15, 0.2) is 18.2 Å². The van der Waals surface area contributed by atoms with E-state index in [9.17, 15) is 9.18 Å². The van der Waals surface area contributed by atoms with Gasteiger partial charge in [-0.2, -0.15) is 0 Å². The summed E-state index contributed by atoms with van der Waals surface area (Å²) in [6.07, 6.45) is 0. The Hall–Kier alpha value is -1.62. The molecule has 0 spiro atoms. The Labute approximate surface area is 93.6 Å². The molecule has 0 bridgehead atoms. The van der Waals surface area contributed by atoms with Gasteiger partial charge in [0.1, 0.15) is 5.82 Å². The summed E-state index contributed by atoms with van der Waals surface area (Å²) >= 11 is 0. The summed E-state index contributed by atoms with van der Waals surface area (Å²) in [5.41, 5.74) is 5.63. The van der Waals surface area contributed by atoms with E-state index in [0.717, 1.165) is 0 Å². The molecule has 0 radical (unpaired) electrons. The number of rotatable bonds is 5. The Morgan fingerprint density at radius 3 is 2.88 bits per heavy atom. The van der Waals surface area contributed by atoms with Gasteiger partial charge in [0.2, 0.25) is 5.91 Å². The number of hydrogen-bond donors (Lipinski definition) is 2. The molecule has 1 amide bonds. The largest absolute Gasteiger partial charge is 0.383 e. The predicted octanol–water partition coefficient (Wildman–Crippen LogP) is 1.37. The van der Waals surface area contributed by atoms with Gasteiger partial charge in [-0.05, 0) is 25.1 Å². The number of carbonyl (C=O) groups excluding carboxylic acids is 1. The SMILES string of the molecule is COCC(C)Nc1cc(C(N)=O)ccc1F. The Bertz CT molecular complexity index is 382. The van der Waals surface area contributed by atoms with Gasteiger partial charge < -0.3 is 15.8 Å². The van der Waals surface area contributed by atoms with Crippen LogP contribution in [-0.4, -0.2) is 25.7 Å². The van der Waals surface area contributed by atoms with E-state index >= 15 is 0 Å². The van der Waals surface area contributed by atoms with Gasteiger partial charge in [0.05, 0.1) is 12.3 Å². The molecule has 4 nitrogen and oxygen atoms in total. The van der Waals surface area contributed by atoms with E-state index in [-0.39, 0.29) is 17.3 Å². The van der Waals surface area contributed by atoms with Crippen molar-refractivity contribution in [3.63, 3.8) is 0 Å². The van der Waals surface area contributed by atoms with Crippen molar-refractivity contribution in [2.45, 2.75) is 13.0 Å². The Morgan fingerprint density at radius 1 is 1.62 bits per heavy atom. The van der Waals surface area contributed by atoms with Crippen molar-refractivity contribution in [2.75, 3.05) is 19.0 Å². The third-order valence-electron chi connectivity index (χ3n) is 2.07. The summed E-state index contributed by atoms with van der Waals surface area (Å²) in [6.45, 7) is 2.29.